The maximum Gasteiger partial charge on any atom is 0.324 e. The fourth-order valence-corrected chi connectivity index (χ4v) is 1.05. The number of aromatic nitrogens is 3. The maximum atomic E-state index is 5.35. The highest BCUT2D eigenvalue weighted by molar-refractivity contribution is 5.27. The van der Waals surface area contributed by atoms with Gasteiger partial charge in [-0.25, -0.2) is 0 Å². The number of rotatable bonds is 7. The van der Waals surface area contributed by atoms with E-state index in [1.807, 2.05) is 32.9 Å². The summed E-state index contributed by atoms with van der Waals surface area (Å²) in [6.45, 7) is 7.42. The predicted molar refractivity (Wildman–Crippen MR) is 65.5 cm³/mol. The second-order valence-electron chi connectivity index (χ2n) is 3.07. The Morgan fingerprint density at radius 3 is 2.41 bits per heavy atom. The fourth-order valence-electron chi connectivity index (χ4n) is 1.05. The van der Waals surface area contributed by atoms with Gasteiger partial charge in [0.1, 0.15) is 6.61 Å². The molecule has 0 saturated heterocycles. The Morgan fingerprint density at radius 2 is 1.82 bits per heavy atom. The largest absolute Gasteiger partial charge is 0.464 e. The lowest BCUT2D eigenvalue weighted by molar-refractivity contribution is 0.288. The van der Waals surface area contributed by atoms with Crippen LogP contribution < -0.4 is 14.8 Å². The maximum absolute atomic E-state index is 5.35. The number of hydrogen-bond donors (Lipinski definition) is 1. The molecule has 0 aliphatic carbocycles. The van der Waals surface area contributed by atoms with Gasteiger partial charge in [-0.2, -0.15) is 9.97 Å². The Bertz CT molecular complexity index is 344. The van der Waals surface area contributed by atoms with Gasteiger partial charge in [0.2, 0.25) is 5.95 Å². The zero-order valence-electron chi connectivity index (χ0n) is 10.4. The van der Waals surface area contributed by atoms with Crippen molar-refractivity contribution < 1.29 is 9.47 Å². The smallest absolute Gasteiger partial charge is 0.324 e. The summed E-state index contributed by atoms with van der Waals surface area (Å²) in [4.78, 5) is 12.2. The van der Waals surface area contributed by atoms with Crippen LogP contribution >= 0.6 is 0 Å². The Hall–Kier alpha value is -1.85. The van der Waals surface area contributed by atoms with Gasteiger partial charge in [0.05, 0.1) is 6.61 Å². The van der Waals surface area contributed by atoms with E-state index >= 15 is 0 Å². The van der Waals surface area contributed by atoms with Gasteiger partial charge in [0.25, 0.3) is 0 Å². The van der Waals surface area contributed by atoms with E-state index in [0.717, 1.165) is 6.54 Å². The monoisotopic (exact) mass is 238 g/mol. The summed E-state index contributed by atoms with van der Waals surface area (Å²) >= 11 is 0. The molecule has 17 heavy (non-hydrogen) atoms. The van der Waals surface area contributed by atoms with Crippen molar-refractivity contribution in [2.75, 3.05) is 25.1 Å². The summed E-state index contributed by atoms with van der Waals surface area (Å²) in [5, 5.41) is 3.00. The molecule has 0 atom stereocenters. The molecule has 0 amide bonds. The molecule has 0 aromatic carbocycles. The third-order valence-corrected chi connectivity index (χ3v) is 1.75. The fraction of sp³-hybridized carbons (Fsp3) is 0.545. The molecule has 1 rings (SSSR count). The minimum absolute atomic E-state index is 0.262. The standard InChI is InChI=1S/C11H18N4O2/c1-4-7-8-17-11-14-9(12-5-2)13-10(15-11)16-6-3/h4,7H,5-6,8H2,1-3H3,(H,12,13,14,15)/b7-4+. The van der Waals surface area contributed by atoms with Crippen LogP contribution in [0.3, 0.4) is 0 Å². The molecule has 0 aliphatic heterocycles. The molecule has 1 aromatic rings. The molecule has 1 aromatic heterocycles. The summed E-state index contributed by atoms with van der Waals surface area (Å²) in [6.07, 6.45) is 3.77. The average molecular weight is 238 g/mol. The van der Waals surface area contributed by atoms with Crippen LogP contribution in [0, 0.1) is 0 Å². The molecular formula is C11H18N4O2. The minimum Gasteiger partial charge on any atom is -0.464 e. The summed E-state index contributed by atoms with van der Waals surface area (Å²) in [6, 6.07) is 0.534. The van der Waals surface area contributed by atoms with Gasteiger partial charge < -0.3 is 14.8 Å². The van der Waals surface area contributed by atoms with E-state index < -0.39 is 0 Å². The first-order chi connectivity index (χ1) is 8.30. The van der Waals surface area contributed by atoms with Gasteiger partial charge in [-0.05, 0) is 20.8 Å². The van der Waals surface area contributed by atoms with E-state index in [1.165, 1.54) is 0 Å². The van der Waals surface area contributed by atoms with Crippen LogP contribution in [0.25, 0.3) is 0 Å². The molecule has 0 bridgehead atoms. The molecule has 0 aliphatic rings. The van der Waals surface area contributed by atoms with Crippen LogP contribution in [-0.2, 0) is 0 Å². The minimum atomic E-state index is 0.262. The molecule has 0 saturated carbocycles. The number of nitrogens with zero attached hydrogens (tertiary/aromatic N) is 3. The molecule has 0 unspecified atom stereocenters. The first-order valence-electron chi connectivity index (χ1n) is 5.66. The van der Waals surface area contributed by atoms with Crippen LogP contribution in [-0.4, -0.2) is 34.7 Å². The van der Waals surface area contributed by atoms with Gasteiger partial charge in [0, 0.05) is 6.54 Å². The lowest BCUT2D eigenvalue weighted by atomic mass is 10.6. The number of allylic oxidation sites excluding steroid dienone is 1. The zero-order valence-corrected chi connectivity index (χ0v) is 10.4. The molecule has 6 heteroatoms. The van der Waals surface area contributed by atoms with Gasteiger partial charge in [-0.3, -0.25) is 0 Å². The second kappa shape index (κ2) is 7.43. The van der Waals surface area contributed by atoms with Crippen molar-refractivity contribution in [2.24, 2.45) is 0 Å². The van der Waals surface area contributed by atoms with Crippen molar-refractivity contribution in [3.05, 3.63) is 12.2 Å². The van der Waals surface area contributed by atoms with Gasteiger partial charge in [-0.15, -0.1) is 4.98 Å². The molecule has 0 fully saturated rings. The Morgan fingerprint density at radius 1 is 1.12 bits per heavy atom. The van der Waals surface area contributed by atoms with Gasteiger partial charge >= 0.3 is 12.0 Å². The third kappa shape index (κ3) is 4.67. The molecular weight excluding hydrogens is 220 g/mol. The summed E-state index contributed by atoms with van der Waals surface area (Å²) < 4.78 is 10.6. The van der Waals surface area contributed by atoms with E-state index in [1.54, 1.807) is 0 Å². The lowest BCUT2D eigenvalue weighted by Crippen LogP contribution is -2.08. The third-order valence-electron chi connectivity index (χ3n) is 1.75. The number of hydrogen-bond acceptors (Lipinski definition) is 6. The topological polar surface area (TPSA) is 69.2 Å². The normalized spacial score (nSPS) is 10.5. The van der Waals surface area contributed by atoms with Crippen molar-refractivity contribution in [2.45, 2.75) is 20.8 Å². The van der Waals surface area contributed by atoms with E-state index in [9.17, 15) is 0 Å². The Labute approximate surface area is 101 Å². The summed E-state index contributed by atoms with van der Waals surface area (Å²) in [7, 11) is 0. The van der Waals surface area contributed by atoms with Crippen LogP contribution in [0.4, 0.5) is 5.95 Å². The number of anilines is 1. The summed E-state index contributed by atoms with van der Waals surface area (Å²) in [5.74, 6) is 0.460. The molecule has 6 nitrogen and oxygen atoms in total. The highest BCUT2D eigenvalue weighted by Gasteiger charge is 2.07. The molecule has 94 valence electrons. The molecule has 1 N–H and O–H groups in total. The number of ether oxygens (including phenoxy) is 2. The van der Waals surface area contributed by atoms with Gasteiger partial charge in [-0.1, -0.05) is 12.2 Å². The van der Waals surface area contributed by atoms with Crippen molar-refractivity contribution in [1.82, 2.24) is 15.0 Å². The second-order valence-corrected chi connectivity index (χ2v) is 3.07. The van der Waals surface area contributed by atoms with Crippen molar-refractivity contribution in [1.29, 1.82) is 0 Å². The van der Waals surface area contributed by atoms with Crippen molar-refractivity contribution in [3.63, 3.8) is 0 Å². The van der Waals surface area contributed by atoms with Gasteiger partial charge in [0.15, 0.2) is 0 Å². The Balaban J connectivity index is 2.78. The highest BCUT2D eigenvalue weighted by atomic mass is 16.5. The van der Waals surface area contributed by atoms with Crippen LogP contribution in [0.2, 0.25) is 0 Å². The summed E-state index contributed by atoms with van der Waals surface area (Å²) in [5.41, 5.74) is 0. The lowest BCUT2D eigenvalue weighted by Gasteiger charge is -2.07. The van der Waals surface area contributed by atoms with Crippen LogP contribution in [0.5, 0.6) is 12.0 Å². The zero-order chi connectivity index (χ0) is 12.5. The average Bonchev–Trinajstić information content (AvgIpc) is 2.30. The predicted octanol–water partition coefficient (Wildman–Crippen LogP) is 1.66. The van der Waals surface area contributed by atoms with E-state index in [2.05, 4.69) is 20.3 Å². The van der Waals surface area contributed by atoms with Crippen LogP contribution in [0.15, 0.2) is 12.2 Å². The number of nitrogens with one attached hydrogen (secondary N) is 1. The van der Waals surface area contributed by atoms with Crippen molar-refractivity contribution in [3.8, 4) is 12.0 Å². The molecule has 1 heterocycles. The highest BCUT2D eigenvalue weighted by Crippen LogP contribution is 2.12. The van der Waals surface area contributed by atoms with E-state index in [-0.39, 0.29) is 12.0 Å². The van der Waals surface area contributed by atoms with E-state index in [0.29, 0.717) is 19.2 Å². The SMILES string of the molecule is C/C=C/COc1nc(NCC)nc(OCC)n1. The molecule has 0 radical (unpaired) electrons. The van der Waals surface area contributed by atoms with Crippen LogP contribution in [0.1, 0.15) is 20.8 Å². The Kier molecular flexibility index (Phi) is 5.77. The first-order valence-corrected chi connectivity index (χ1v) is 5.66. The first kappa shape index (κ1) is 13.2. The van der Waals surface area contributed by atoms with Crippen molar-refractivity contribution >= 4 is 5.95 Å². The quantitative estimate of drug-likeness (QED) is 0.728. The van der Waals surface area contributed by atoms with E-state index in [4.69, 9.17) is 9.47 Å². The molecule has 0 spiro atoms.